The van der Waals surface area contributed by atoms with Gasteiger partial charge in [-0.3, -0.25) is 0 Å². The Morgan fingerprint density at radius 3 is 2.11 bits per heavy atom. The van der Waals surface area contributed by atoms with Gasteiger partial charge in [-0.25, -0.2) is 0 Å². The Balaban J connectivity index is 0.00000180. The molecule has 0 radical (unpaired) electrons. The van der Waals surface area contributed by atoms with E-state index in [4.69, 9.17) is 0 Å². The molecule has 0 fully saturated rings. The molecular weight excluding hydrogens is 267 g/mol. The van der Waals surface area contributed by atoms with Gasteiger partial charge in [-0.15, -0.1) is 17.5 Å². The first kappa shape index (κ1) is 15.9. The number of nitrogens with zero attached hydrogens (tertiary/aromatic N) is 1. The van der Waals surface area contributed by atoms with Crippen LogP contribution in [0, 0.1) is 6.07 Å². The van der Waals surface area contributed by atoms with E-state index in [1.807, 2.05) is 6.07 Å². The summed E-state index contributed by atoms with van der Waals surface area (Å²) >= 11 is 0. The summed E-state index contributed by atoms with van der Waals surface area (Å²) in [5.41, 5.74) is -2.71. The summed E-state index contributed by atoms with van der Waals surface area (Å²) < 4.78 is 74.8. The summed E-state index contributed by atoms with van der Waals surface area (Å²) in [5, 5.41) is -0.474. The Labute approximate surface area is 115 Å². The molecule has 1 nitrogen and oxygen atoms in total. The Bertz CT molecular complexity index is 590. The topological polar surface area (TPSA) is 12.9 Å². The molecule has 0 amide bonds. The number of hydrogen-bond donors (Lipinski definition) is 0. The maximum absolute atomic E-state index is 12.6. The van der Waals surface area contributed by atoms with E-state index in [1.54, 1.807) is 0 Å². The Kier molecular flexibility index (Phi) is 4.23. The van der Waals surface area contributed by atoms with Crippen LogP contribution in [0.1, 0.15) is 11.3 Å². The molecule has 0 aliphatic carbocycles. The van der Waals surface area contributed by atoms with Gasteiger partial charge in [0.25, 0.3) is 0 Å². The summed E-state index contributed by atoms with van der Waals surface area (Å²) in [5.74, 6) is 0. The van der Waals surface area contributed by atoms with Crippen molar-refractivity contribution in [3.8, 4) is 0 Å². The molecule has 0 bridgehead atoms. The van der Waals surface area contributed by atoms with Gasteiger partial charge in [-0.1, -0.05) is 18.2 Å². The average molecular weight is 271 g/mol. The van der Waals surface area contributed by atoms with E-state index >= 15 is 0 Å². The predicted octanol–water partition coefficient (Wildman–Crippen LogP) is 1.08. The van der Waals surface area contributed by atoms with E-state index < -0.39 is 29.0 Å². The average Bonchev–Trinajstić information content (AvgIpc) is 2.25. The second-order valence-electron chi connectivity index (χ2n) is 3.48. The summed E-state index contributed by atoms with van der Waals surface area (Å²) in [4.78, 5) is 3.16. The third-order valence-corrected chi connectivity index (χ3v) is 2.23. The summed E-state index contributed by atoms with van der Waals surface area (Å²) in [6.45, 7) is 0. The van der Waals surface area contributed by atoms with Crippen molar-refractivity contribution in [3.05, 3.63) is 41.6 Å². The molecule has 0 saturated heterocycles. The molecule has 2 rings (SSSR count). The fourth-order valence-electron chi connectivity index (χ4n) is 1.47. The molecule has 0 atom stereocenters. The van der Waals surface area contributed by atoms with Crippen molar-refractivity contribution < 1.29 is 45.2 Å². The van der Waals surface area contributed by atoms with Crippen LogP contribution in [0.2, 0.25) is 0 Å². The van der Waals surface area contributed by atoms with Crippen LogP contribution in [0.5, 0.6) is 0 Å². The smallest absolute Gasteiger partial charge is 0.340 e. The minimum atomic E-state index is -4.71. The quantitative estimate of drug-likeness (QED) is 0.397. The fraction of sp³-hybridized carbons (Fsp3) is 0.182. The summed E-state index contributed by atoms with van der Waals surface area (Å²) in [6.07, 6.45) is -9.36. The molecule has 0 aliphatic heterocycles. The number of aromatic nitrogens is 1. The molecule has 19 heavy (non-hydrogen) atoms. The molecular formula is C11H4F6LiN. The molecule has 1 aromatic heterocycles. The molecule has 0 saturated carbocycles. The SMILES string of the molecule is FC(F)(F)c1c[c-]c2c(C(F)(F)F)cccc2n1.[Li+]. The number of halogens is 6. The first-order valence-electron chi connectivity index (χ1n) is 4.65. The summed E-state index contributed by atoms with van der Waals surface area (Å²) in [7, 11) is 0. The van der Waals surface area contributed by atoms with E-state index in [2.05, 4.69) is 4.98 Å². The van der Waals surface area contributed by atoms with Crippen LogP contribution in [0.3, 0.4) is 0 Å². The maximum Gasteiger partial charge on any atom is 1.00 e. The monoisotopic (exact) mass is 271 g/mol. The van der Waals surface area contributed by atoms with Crippen LogP contribution in [-0.2, 0) is 12.4 Å². The molecule has 2 aromatic rings. The van der Waals surface area contributed by atoms with Crippen LogP contribution in [0.25, 0.3) is 10.9 Å². The van der Waals surface area contributed by atoms with Crippen molar-refractivity contribution in [2.24, 2.45) is 0 Å². The normalized spacial score (nSPS) is 12.3. The van der Waals surface area contributed by atoms with E-state index in [9.17, 15) is 26.3 Å². The van der Waals surface area contributed by atoms with Crippen LogP contribution in [-0.4, -0.2) is 4.98 Å². The van der Waals surface area contributed by atoms with Gasteiger partial charge >= 0.3 is 31.2 Å². The second kappa shape index (κ2) is 5.06. The van der Waals surface area contributed by atoms with Gasteiger partial charge in [-0.05, 0) is 11.1 Å². The number of fused-ring (bicyclic) bond motifs is 1. The molecule has 1 aromatic carbocycles. The molecule has 96 valence electrons. The largest absolute Gasteiger partial charge is 1.00 e. The summed E-state index contributed by atoms with van der Waals surface area (Å²) in [6, 6.07) is 5.27. The van der Waals surface area contributed by atoms with Crippen LogP contribution >= 0.6 is 0 Å². The Hall–Kier alpha value is -1.19. The van der Waals surface area contributed by atoms with Crippen molar-refractivity contribution in [1.29, 1.82) is 0 Å². The van der Waals surface area contributed by atoms with Crippen molar-refractivity contribution >= 4 is 10.9 Å². The number of benzene rings is 1. The molecule has 0 N–H and O–H groups in total. The van der Waals surface area contributed by atoms with Gasteiger partial charge in [0.2, 0.25) is 0 Å². The third kappa shape index (κ3) is 3.22. The number of hydrogen-bond acceptors (Lipinski definition) is 1. The van der Waals surface area contributed by atoms with Crippen molar-refractivity contribution in [2.45, 2.75) is 12.4 Å². The van der Waals surface area contributed by atoms with Crippen molar-refractivity contribution in [1.82, 2.24) is 4.98 Å². The van der Waals surface area contributed by atoms with Gasteiger partial charge in [0, 0.05) is 0 Å². The zero-order valence-electron chi connectivity index (χ0n) is 9.52. The van der Waals surface area contributed by atoms with Gasteiger partial charge in [0.15, 0.2) is 0 Å². The van der Waals surface area contributed by atoms with E-state index in [1.165, 1.54) is 0 Å². The fourth-order valence-corrected chi connectivity index (χ4v) is 1.47. The third-order valence-electron chi connectivity index (χ3n) is 2.23. The van der Waals surface area contributed by atoms with Crippen molar-refractivity contribution in [2.75, 3.05) is 0 Å². The van der Waals surface area contributed by atoms with Crippen molar-refractivity contribution in [3.63, 3.8) is 0 Å². The van der Waals surface area contributed by atoms with E-state index in [-0.39, 0.29) is 24.4 Å². The van der Waals surface area contributed by atoms with Gasteiger partial charge in [-0.2, -0.15) is 26.3 Å². The van der Waals surface area contributed by atoms with Crippen LogP contribution in [0.15, 0.2) is 24.3 Å². The zero-order chi connectivity index (χ0) is 13.6. The molecule has 1 heterocycles. The zero-order valence-corrected chi connectivity index (χ0v) is 9.52. The van der Waals surface area contributed by atoms with E-state index in [0.29, 0.717) is 6.07 Å². The molecule has 0 aliphatic rings. The first-order chi connectivity index (χ1) is 8.19. The number of pyridine rings is 1. The van der Waals surface area contributed by atoms with Crippen LogP contribution < -0.4 is 18.9 Å². The standard InChI is InChI=1S/C11H4F6N.Li/c12-10(13,14)7-2-1-3-8-6(7)4-5-9(18-8)11(15,16)17;/h1-3,5H;/q-1;+1. The molecule has 0 spiro atoms. The van der Waals surface area contributed by atoms with Gasteiger partial charge in [0.05, 0.1) is 5.69 Å². The minimum absolute atomic E-state index is 0. The van der Waals surface area contributed by atoms with Crippen LogP contribution in [0.4, 0.5) is 26.3 Å². The first-order valence-corrected chi connectivity index (χ1v) is 4.65. The number of rotatable bonds is 0. The Morgan fingerprint density at radius 1 is 0.947 bits per heavy atom. The predicted molar refractivity (Wildman–Crippen MR) is 50.6 cm³/mol. The van der Waals surface area contributed by atoms with Gasteiger partial charge in [0.1, 0.15) is 0 Å². The number of alkyl halides is 6. The van der Waals surface area contributed by atoms with E-state index in [0.717, 1.165) is 18.2 Å². The molecule has 8 heteroatoms. The molecule has 0 unspecified atom stereocenters. The maximum atomic E-state index is 12.6. The van der Waals surface area contributed by atoms with Gasteiger partial charge < -0.3 is 4.98 Å². The second-order valence-corrected chi connectivity index (χ2v) is 3.48. The minimum Gasteiger partial charge on any atom is -0.340 e. The Morgan fingerprint density at radius 2 is 1.58 bits per heavy atom.